The quantitative estimate of drug-likeness (QED) is 0.617. The van der Waals surface area contributed by atoms with E-state index in [4.69, 9.17) is 4.74 Å². The highest BCUT2D eigenvalue weighted by atomic mass is 16.5. The molecule has 3 aliphatic heterocycles. The number of carbonyl (C=O) groups is 3. The van der Waals surface area contributed by atoms with Crippen molar-refractivity contribution >= 4 is 17.7 Å². The third-order valence-electron chi connectivity index (χ3n) is 8.14. The van der Waals surface area contributed by atoms with E-state index >= 15 is 0 Å². The molecule has 7 heteroatoms. The lowest BCUT2D eigenvalue weighted by atomic mass is 9.74. The van der Waals surface area contributed by atoms with Crippen LogP contribution in [-0.2, 0) is 19.1 Å². The molecule has 5 rings (SSSR count). The SMILES string of the molecule is CC(C)CN1C(=O)[C@H]2[C@@H](C(=O)NC3CCCCC3)[C@H]3C=C[C@]2(O3)[C@@H]1C(=O)NC1CCCC1. The fourth-order valence-electron chi connectivity index (χ4n) is 6.75. The van der Waals surface area contributed by atoms with Crippen LogP contribution in [0.2, 0.25) is 0 Å². The fourth-order valence-corrected chi connectivity index (χ4v) is 6.75. The zero-order valence-corrected chi connectivity index (χ0v) is 19.3. The maximum Gasteiger partial charge on any atom is 0.246 e. The highest BCUT2D eigenvalue weighted by molar-refractivity contribution is 6.00. The van der Waals surface area contributed by atoms with Gasteiger partial charge in [0, 0.05) is 18.6 Å². The molecule has 3 heterocycles. The third-order valence-corrected chi connectivity index (χ3v) is 8.14. The number of hydrogen-bond acceptors (Lipinski definition) is 4. The molecule has 0 aromatic rings. The minimum Gasteiger partial charge on any atom is -0.359 e. The molecule has 5 atom stereocenters. The number of carbonyl (C=O) groups excluding carboxylic acids is 3. The predicted molar refractivity (Wildman–Crippen MR) is 119 cm³/mol. The molecule has 1 spiro atoms. The summed E-state index contributed by atoms with van der Waals surface area (Å²) >= 11 is 0. The van der Waals surface area contributed by atoms with Gasteiger partial charge in [0.1, 0.15) is 11.6 Å². The van der Waals surface area contributed by atoms with Crippen molar-refractivity contribution in [3.8, 4) is 0 Å². The Morgan fingerprint density at radius 2 is 1.62 bits per heavy atom. The van der Waals surface area contributed by atoms with Crippen LogP contribution in [0.1, 0.15) is 71.6 Å². The minimum atomic E-state index is -1.03. The normalized spacial score (nSPS) is 36.8. The van der Waals surface area contributed by atoms with Gasteiger partial charge in [-0.1, -0.05) is 58.1 Å². The number of amides is 3. The summed E-state index contributed by atoms with van der Waals surface area (Å²) in [7, 11) is 0. The van der Waals surface area contributed by atoms with E-state index in [2.05, 4.69) is 10.6 Å². The largest absolute Gasteiger partial charge is 0.359 e. The Morgan fingerprint density at radius 1 is 1.03 bits per heavy atom. The molecule has 32 heavy (non-hydrogen) atoms. The van der Waals surface area contributed by atoms with Gasteiger partial charge in [0.05, 0.1) is 17.9 Å². The molecular weight excluding hydrogens is 406 g/mol. The number of hydrogen-bond donors (Lipinski definition) is 2. The first-order valence-electron chi connectivity index (χ1n) is 12.7. The summed E-state index contributed by atoms with van der Waals surface area (Å²) < 4.78 is 6.39. The van der Waals surface area contributed by atoms with Crippen LogP contribution in [0.4, 0.5) is 0 Å². The summed E-state index contributed by atoms with van der Waals surface area (Å²) in [5, 5.41) is 6.41. The summed E-state index contributed by atoms with van der Waals surface area (Å²) in [6, 6.07) is -0.362. The van der Waals surface area contributed by atoms with E-state index in [-0.39, 0.29) is 35.7 Å². The molecule has 7 nitrogen and oxygen atoms in total. The first-order chi connectivity index (χ1) is 15.4. The van der Waals surface area contributed by atoms with Crippen molar-refractivity contribution in [1.29, 1.82) is 0 Å². The van der Waals surface area contributed by atoms with Crippen molar-refractivity contribution in [3.63, 3.8) is 0 Å². The van der Waals surface area contributed by atoms with Crippen molar-refractivity contribution in [2.75, 3.05) is 6.54 Å². The Kier molecular flexibility index (Phi) is 5.81. The molecule has 0 radical (unpaired) electrons. The zero-order chi connectivity index (χ0) is 22.5. The lowest BCUT2D eigenvalue weighted by molar-refractivity contribution is -0.142. The van der Waals surface area contributed by atoms with Crippen molar-refractivity contribution in [1.82, 2.24) is 15.5 Å². The summed E-state index contributed by atoms with van der Waals surface area (Å²) in [4.78, 5) is 42.3. The Balaban J connectivity index is 1.41. The van der Waals surface area contributed by atoms with Gasteiger partial charge in [0.25, 0.3) is 0 Å². The van der Waals surface area contributed by atoms with E-state index < -0.39 is 29.6 Å². The summed E-state index contributed by atoms with van der Waals surface area (Å²) in [5.74, 6) is -1.31. The third kappa shape index (κ3) is 3.57. The van der Waals surface area contributed by atoms with E-state index in [0.717, 1.165) is 51.4 Å². The van der Waals surface area contributed by atoms with E-state index in [1.54, 1.807) is 4.90 Å². The average Bonchev–Trinajstić information content (AvgIpc) is 3.51. The first-order valence-corrected chi connectivity index (χ1v) is 12.7. The summed E-state index contributed by atoms with van der Waals surface area (Å²) in [6.45, 7) is 4.58. The standard InChI is InChI=1S/C25H37N3O4/c1-15(2)14-28-21(23(30)27-17-10-6-7-11-17)25-13-12-18(32-25)19(20(25)24(28)31)22(29)26-16-8-4-3-5-9-16/h12-13,15-21H,3-11,14H2,1-2H3,(H,26,29)(H,27,30)/t18-,19+,20-,21+,25-/m1/s1. The summed E-state index contributed by atoms with van der Waals surface area (Å²) in [5.41, 5.74) is -1.03. The van der Waals surface area contributed by atoms with Crippen molar-refractivity contribution in [2.24, 2.45) is 17.8 Å². The van der Waals surface area contributed by atoms with E-state index in [1.807, 2.05) is 26.0 Å². The molecule has 2 saturated carbocycles. The average molecular weight is 444 g/mol. The number of ether oxygens (including phenoxy) is 1. The molecule has 2 saturated heterocycles. The smallest absolute Gasteiger partial charge is 0.246 e. The maximum atomic E-state index is 13.7. The van der Waals surface area contributed by atoms with Gasteiger partial charge in [0.2, 0.25) is 17.7 Å². The van der Waals surface area contributed by atoms with Crippen LogP contribution in [0, 0.1) is 17.8 Å². The maximum absolute atomic E-state index is 13.7. The van der Waals surface area contributed by atoms with Gasteiger partial charge in [-0.15, -0.1) is 0 Å². The van der Waals surface area contributed by atoms with Gasteiger partial charge in [-0.25, -0.2) is 0 Å². The molecule has 2 bridgehead atoms. The summed E-state index contributed by atoms with van der Waals surface area (Å²) in [6.07, 6.45) is 13.1. The molecule has 5 aliphatic rings. The second kappa shape index (κ2) is 8.47. The molecule has 0 unspecified atom stereocenters. The van der Waals surface area contributed by atoms with Crippen molar-refractivity contribution in [3.05, 3.63) is 12.2 Å². The van der Waals surface area contributed by atoms with Crippen LogP contribution in [0.3, 0.4) is 0 Å². The van der Waals surface area contributed by atoms with Crippen LogP contribution >= 0.6 is 0 Å². The molecule has 4 fully saturated rings. The van der Waals surface area contributed by atoms with Crippen LogP contribution < -0.4 is 10.6 Å². The molecular formula is C25H37N3O4. The Labute approximate surface area is 190 Å². The molecule has 2 aliphatic carbocycles. The molecule has 0 aromatic carbocycles. The monoisotopic (exact) mass is 443 g/mol. The second-order valence-electron chi connectivity index (χ2n) is 10.9. The Bertz CT molecular complexity index is 799. The van der Waals surface area contributed by atoms with Gasteiger partial charge in [0.15, 0.2) is 0 Å². The molecule has 3 amide bonds. The van der Waals surface area contributed by atoms with E-state index in [1.165, 1.54) is 6.42 Å². The van der Waals surface area contributed by atoms with Crippen LogP contribution in [0.5, 0.6) is 0 Å². The highest BCUT2D eigenvalue weighted by Crippen LogP contribution is 2.55. The number of nitrogens with one attached hydrogen (secondary N) is 2. The Morgan fingerprint density at radius 3 is 2.25 bits per heavy atom. The minimum absolute atomic E-state index is 0.0900. The van der Waals surface area contributed by atoms with Crippen LogP contribution in [0.25, 0.3) is 0 Å². The van der Waals surface area contributed by atoms with Crippen LogP contribution in [0.15, 0.2) is 12.2 Å². The van der Waals surface area contributed by atoms with Gasteiger partial charge in [-0.05, 0) is 31.6 Å². The molecule has 0 aromatic heterocycles. The first kappa shape index (κ1) is 21.9. The second-order valence-corrected chi connectivity index (χ2v) is 10.9. The number of nitrogens with zero attached hydrogens (tertiary/aromatic N) is 1. The van der Waals surface area contributed by atoms with Crippen molar-refractivity contribution in [2.45, 2.75) is 101 Å². The van der Waals surface area contributed by atoms with Crippen LogP contribution in [-0.4, -0.2) is 59.0 Å². The van der Waals surface area contributed by atoms with Gasteiger partial charge in [-0.2, -0.15) is 0 Å². The topological polar surface area (TPSA) is 87.7 Å². The molecule has 176 valence electrons. The van der Waals surface area contributed by atoms with Crippen molar-refractivity contribution < 1.29 is 19.1 Å². The predicted octanol–water partition coefficient (Wildman–Crippen LogP) is 2.30. The molecule has 2 N–H and O–H groups in total. The zero-order valence-electron chi connectivity index (χ0n) is 19.3. The van der Waals surface area contributed by atoms with E-state index in [9.17, 15) is 14.4 Å². The number of likely N-dealkylation sites (tertiary alicyclic amines) is 1. The van der Waals surface area contributed by atoms with Gasteiger partial charge >= 0.3 is 0 Å². The number of rotatable bonds is 6. The van der Waals surface area contributed by atoms with Gasteiger partial charge < -0.3 is 20.3 Å². The highest BCUT2D eigenvalue weighted by Gasteiger charge is 2.72. The fraction of sp³-hybridized carbons (Fsp3) is 0.800. The number of fused-ring (bicyclic) bond motifs is 1. The lowest BCUT2D eigenvalue weighted by Gasteiger charge is -2.33. The Hall–Kier alpha value is -1.89. The lowest BCUT2D eigenvalue weighted by Crippen LogP contribution is -2.56. The van der Waals surface area contributed by atoms with Gasteiger partial charge in [-0.3, -0.25) is 14.4 Å². The van der Waals surface area contributed by atoms with E-state index in [0.29, 0.717) is 6.54 Å².